The van der Waals surface area contributed by atoms with E-state index in [1.165, 1.54) is 11.1 Å². The quantitative estimate of drug-likeness (QED) is 0.736. The number of benzene rings is 2. The van der Waals surface area contributed by atoms with Crippen LogP contribution in [0.1, 0.15) is 28.3 Å². The largest absolute Gasteiger partial charge is 0.320 e. The van der Waals surface area contributed by atoms with Gasteiger partial charge in [0, 0.05) is 16.1 Å². The summed E-state index contributed by atoms with van der Waals surface area (Å²) in [5.74, 6) is 0. The Kier molecular flexibility index (Phi) is 3.79. The van der Waals surface area contributed by atoms with Crippen molar-refractivity contribution in [3.05, 3.63) is 75.4 Å². The van der Waals surface area contributed by atoms with Crippen molar-refractivity contribution in [2.24, 2.45) is 5.73 Å². The number of aryl methyl sites for hydroxylation is 2. The van der Waals surface area contributed by atoms with Gasteiger partial charge in [-0.2, -0.15) is 0 Å². The van der Waals surface area contributed by atoms with Gasteiger partial charge in [0.25, 0.3) is 0 Å². The first-order chi connectivity index (χ1) is 10.1. The predicted octanol–water partition coefficient (Wildman–Crippen LogP) is 4.66. The molecule has 2 nitrogen and oxygen atoms in total. The summed E-state index contributed by atoms with van der Waals surface area (Å²) in [4.78, 5) is 4.50. The van der Waals surface area contributed by atoms with E-state index < -0.39 is 0 Å². The second-order valence-corrected chi connectivity index (χ2v) is 6.20. The van der Waals surface area contributed by atoms with Gasteiger partial charge in [-0.25, -0.2) is 0 Å². The van der Waals surface area contributed by atoms with Crippen molar-refractivity contribution in [3.8, 4) is 0 Å². The van der Waals surface area contributed by atoms with Gasteiger partial charge in [0.15, 0.2) is 0 Å². The molecule has 0 fully saturated rings. The normalized spacial score (nSPS) is 12.6. The highest BCUT2D eigenvalue weighted by molar-refractivity contribution is 9.10. The van der Waals surface area contributed by atoms with Gasteiger partial charge >= 0.3 is 0 Å². The molecule has 0 aliphatic heterocycles. The zero-order chi connectivity index (χ0) is 15.0. The Labute approximate surface area is 133 Å². The summed E-state index contributed by atoms with van der Waals surface area (Å²) in [6.45, 7) is 4.18. The molecule has 2 N–H and O–H groups in total. The fraction of sp³-hybridized carbons (Fsp3) is 0.167. The van der Waals surface area contributed by atoms with E-state index in [2.05, 4.69) is 59.0 Å². The number of fused-ring (bicyclic) bond motifs is 1. The number of aromatic nitrogens is 1. The lowest BCUT2D eigenvalue weighted by Crippen LogP contribution is -2.12. The third kappa shape index (κ3) is 2.71. The van der Waals surface area contributed by atoms with Gasteiger partial charge in [-0.3, -0.25) is 4.98 Å². The summed E-state index contributed by atoms with van der Waals surface area (Å²) >= 11 is 3.60. The van der Waals surface area contributed by atoms with E-state index in [0.717, 1.165) is 26.5 Å². The topological polar surface area (TPSA) is 38.9 Å². The fourth-order valence-electron chi connectivity index (χ4n) is 2.61. The molecular formula is C18H17BrN2. The van der Waals surface area contributed by atoms with Gasteiger partial charge in [0.1, 0.15) is 0 Å². The maximum Gasteiger partial charge on any atom is 0.0702 e. The van der Waals surface area contributed by atoms with Crippen molar-refractivity contribution in [2.45, 2.75) is 19.9 Å². The van der Waals surface area contributed by atoms with Crippen molar-refractivity contribution < 1.29 is 0 Å². The van der Waals surface area contributed by atoms with Crippen LogP contribution in [0.25, 0.3) is 10.9 Å². The van der Waals surface area contributed by atoms with Crippen LogP contribution >= 0.6 is 15.9 Å². The van der Waals surface area contributed by atoms with Gasteiger partial charge < -0.3 is 5.73 Å². The molecule has 21 heavy (non-hydrogen) atoms. The lowest BCUT2D eigenvalue weighted by molar-refractivity contribution is 0.862. The number of rotatable bonds is 2. The van der Waals surface area contributed by atoms with Crippen LogP contribution in [0.5, 0.6) is 0 Å². The van der Waals surface area contributed by atoms with E-state index in [0.29, 0.717) is 0 Å². The summed E-state index contributed by atoms with van der Waals surface area (Å²) in [5, 5.41) is 1.12. The second kappa shape index (κ2) is 5.58. The predicted molar refractivity (Wildman–Crippen MR) is 91.4 cm³/mol. The minimum absolute atomic E-state index is 0.160. The van der Waals surface area contributed by atoms with Crippen LogP contribution in [0.3, 0.4) is 0 Å². The van der Waals surface area contributed by atoms with Crippen molar-refractivity contribution >= 4 is 26.8 Å². The molecule has 3 heteroatoms. The Morgan fingerprint density at radius 3 is 2.38 bits per heavy atom. The average Bonchev–Trinajstić information content (AvgIpc) is 2.51. The first-order valence-electron chi connectivity index (χ1n) is 6.93. The zero-order valence-corrected chi connectivity index (χ0v) is 13.7. The van der Waals surface area contributed by atoms with Gasteiger partial charge in [0.2, 0.25) is 0 Å². The monoisotopic (exact) mass is 340 g/mol. The molecule has 1 unspecified atom stereocenters. The molecule has 0 radical (unpaired) electrons. The molecule has 0 aliphatic carbocycles. The Bertz CT molecular complexity index is 788. The minimum atomic E-state index is -0.160. The van der Waals surface area contributed by atoms with Crippen LogP contribution in [-0.2, 0) is 0 Å². The average molecular weight is 341 g/mol. The van der Waals surface area contributed by atoms with Gasteiger partial charge in [-0.05, 0) is 48.2 Å². The molecule has 0 saturated heterocycles. The van der Waals surface area contributed by atoms with Crippen LogP contribution in [0.15, 0.2) is 53.1 Å². The van der Waals surface area contributed by atoms with E-state index in [-0.39, 0.29) is 6.04 Å². The standard InChI is InChI=1S/C18H17BrN2/c1-11-7-14(8-12(2)17(11)19)18(20)15-9-13-5-3-4-6-16(13)21-10-15/h3-10,18H,20H2,1-2H3. The minimum Gasteiger partial charge on any atom is -0.320 e. The van der Waals surface area contributed by atoms with Gasteiger partial charge in [-0.1, -0.05) is 46.3 Å². The Balaban J connectivity index is 2.05. The number of para-hydroxylation sites is 1. The number of hydrogen-bond acceptors (Lipinski definition) is 2. The van der Waals surface area contributed by atoms with Crippen LogP contribution in [0, 0.1) is 13.8 Å². The summed E-state index contributed by atoms with van der Waals surface area (Å²) in [7, 11) is 0. The lowest BCUT2D eigenvalue weighted by atomic mass is 9.96. The molecule has 1 heterocycles. The van der Waals surface area contributed by atoms with Gasteiger partial charge in [0.05, 0.1) is 11.6 Å². The molecule has 0 spiro atoms. The molecule has 3 aromatic rings. The molecule has 1 atom stereocenters. The number of hydrogen-bond donors (Lipinski definition) is 1. The highest BCUT2D eigenvalue weighted by atomic mass is 79.9. The molecule has 0 bridgehead atoms. The molecule has 3 rings (SSSR count). The molecule has 106 valence electrons. The lowest BCUT2D eigenvalue weighted by Gasteiger charge is -2.15. The second-order valence-electron chi connectivity index (χ2n) is 5.41. The molecule has 0 amide bonds. The number of nitrogens with two attached hydrogens (primary N) is 1. The van der Waals surface area contributed by atoms with Crippen molar-refractivity contribution in [1.29, 1.82) is 0 Å². The van der Waals surface area contributed by atoms with Crippen molar-refractivity contribution in [3.63, 3.8) is 0 Å². The van der Waals surface area contributed by atoms with Crippen molar-refractivity contribution in [2.75, 3.05) is 0 Å². The first-order valence-corrected chi connectivity index (χ1v) is 7.72. The molecular weight excluding hydrogens is 324 g/mol. The third-order valence-corrected chi connectivity index (χ3v) is 5.04. The van der Waals surface area contributed by atoms with Crippen LogP contribution in [0.2, 0.25) is 0 Å². The van der Waals surface area contributed by atoms with E-state index >= 15 is 0 Å². The highest BCUT2D eigenvalue weighted by Crippen LogP contribution is 2.28. The number of pyridine rings is 1. The Morgan fingerprint density at radius 2 is 1.67 bits per heavy atom. The number of halogens is 1. The summed E-state index contributed by atoms with van der Waals surface area (Å²) < 4.78 is 1.15. The van der Waals surface area contributed by atoms with Gasteiger partial charge in [-0.15, -0.1) is 0 Å². The van der Waals surface area contributed by atoms with E-state index in [9.17, 15) is 0 Å². The maximum absolute atomic E-state index is 6.44. The Morgan fingerprint density at radius 1 is 1.00 bits per heavy atom. The first kappa shape index (κ1) is 14.2. The highest BCUT2D eigenvalue weighted by Gasteiger charge is 2.12. The fourth-order valence-corrected chi connectivity index (χ4v) is 2.84. The smallest absolute Gasteiger partial charge is 0.0702 e. The zero-order valence-electron chi connectivity index (χ0n) is 12.1. The number of nitrogens with zero attached hydrogens (tertiary/aromatic N) is 1. The maximum atomic E-state index is 6.44. The molecule has 0 aliphatic rings. The summed E-state index contributed by atoms with van der Waals surface area (Å²) in [5.41, 5.74) is 12.0. The third-order valence-electron chi connectivity index (χ3n) is 3.79. The van der Waals surface area contributed by atoms with Crippen LogP contribution in [0.4, 0.5) is 0 Å². The van der Waals surface area contributed by atoms with E-state index in [4.69, 9.17) is 5.73 Å². The van der Waals surface area contributed by atoms with Crippen LogP contribution in [-0.4, -0.2) is 4.98 Å². The molecule has 1 aromatic heterocycles. The Hall–Kier alpha value is -1.71. The SMILES string of the molecule is Cc1cc(C(N)c2cnc3ccccc3c2)cc(C)c1Br. The van der Waals surface area contributed by atoms with Crippen molar-refractivity contribution in [1.82, 2.24) is 4.98 Å². The summed E-state index contributed by atoms with van der Waals surface area (Å²) in [6.07, 6.45) is 1.87. The molecule has 2 aromatic carbocycles. The summed E-state index contributed by atoms with van der Waals surface area (Å²) in [6, 6.07) is 14.3. The molecule has 0 saturated carbocycles. The van der Waals surface area contributed by atoms with Crippen LogP contribution < -0.4 is 5.73 Å². The van der Waals surface area contributed by atoms with E-state index in [1.807, 2.05) is 24.4 Å². The van der Waals surface area contributed by atoms with E-state index in [1.54, 1.807) is 0 Å².